The van der Waals surface area contributed by atoms with Crippen LogP contribution in [0.4, 0.5) is 0 Å². The normalized spacial score (nSPS) is 10.9. The zero-order valence-corrected chi connectivity index (χ0v) is 15.7. The monoisotopic (exact) mass is 332 g/mol. The van der Waals surface area contributed by atoms with Crippen molar-refractivity contribution in [1.29, 1.82) is 0 Å². The first kappa shape index (κ1) is 19.5. The van der Waals surface area contributed by atoms with Crippen molar-refractivity contribution in [2.45, 2.75) is 0 Å². The van der Waals surface area contributed by atoms with Crippen LogP contribution < -0.4 is 56.5 Å². The minimum atomic E-state index is -1.21. The van der Waals surface area contributed by atoms with E-state index < -0.39 is 11.9 Å². The summed E-state index contributed by atoms with van der Waals surface area (Å²) in [5, 5.41) is 27.5. The standard InChI is InChI=1S/C17H14N2O3.K/c20-15(11-12-16(21)22)18-19-17(13-7-3-1-4-8-13)14-9-5-2-6-10-14;/h1-12H,(H,18,20)(H,21,22);/q;+1/p-1/b12-11-;. The van der Waals surface area contributed by atoms with Gasteiger partial charge in [-0.3, -0.25) is 0 Å². The third-order valence-electron chi connectivity index (χ3n) is 2.71. The molecule has 0 aliphatic heterocycles. The molecule has 0 radical (unpaired) electrons. The molecule has 0 fully saturated rings. The molecule has 2 aromatic rings. The van der Waals surface area contributed by atoms with Crippen LogP contribution in [0.1, 0.15) is 11.1 Å². The van der Waals surface area contributed by atoms with Gasteiger partial charge in [-0.15, -0.1) is 0 Å². The van der Waals surface area contributed by atoms with E-state index in [0.29, 0.717) is 5.71 Å². The van der Waals surface area contributed by atoms with Gasteiger partial charge in [0, 0.05) is 23.1 Å². The number of carboxylic acid groups (broad SMARTS) is 1. The largest absolute Gasteiger partial charge is 1.00 e. The first-order chi connectivity index (χ1) is 10.7. The van der Waals surface area contributed by atoms with Crippen LogP contribution in [0.15, 0.2) is 83.0 Å². The van der Waals surface area contributed by atoms with Crippen LogP contribution in [0, 0.1) is 0 Å². The molecule has 0 heterocycles. The fraction of sp³-hybridized carbons (Fsp3) is 0. The van der Waals surface area contributed by atoms with E-state index in [1.54, 1.807) is 0 Å². The number of hydrogen-bond acceptors (Lipinski definition) is 4. The van der Waals surface area contributed by atoms with Crippen LogP contribution in [0.5, 0.6) is 0 Å². The van der Waals surface area contributed by atoms with Crippen molar-refractivity contribution in [2.75, 3.05) is 0 Å². The van der Waals surface area contributed by atoms with Crippen molar-refractivity contribution in [3.63, 3.8) is 0 Å². The van der Waals surface area contributed by atoms with E-state index in [1.165, 1.54) is 0 Å². The van der Waals surface area contributed by atoms with E-state index in [4.69, 9.17) is 5.11 Å². The van der Waals surface area contributed by atoms with Crippen LogP contribution in [0.25, 0.3) is 0 Å². The second-order valence-electron chi connectivity index (χ2n) is 4.29. The molecule has 0 unspecified atom stereocenters. The summed E-state index contributed by atoms with van der Waals surface area (Å²) < 4.78 is 0. The molecule has 0 saturated heterocycles. The van der Waals surface area contributed by atoms with Gasteiger partial charge in [0.15, 0.2) is 0 Å². The molecule has 2 aromatic carbocycles. The zero-order chi connectivity index (χ0) is 15.8. The molecule has 0 amide bonds. The van der Waals surface area contributed by atoms with Crippen molar-refractivity contribution >= 4 is 17.6 Å². The molecule has 0 saturated carbocycles. The van der Waals surface area contributed by atoms with Gasteiger partial charge < -0.3 is 10.2 Å². The zero-order valence-electron chi connectivity index (χ0n) is 12.6. The summed E-state index contributed by atoms with van der Waals surface area (Å²) >= 11 is 0. The van der Waals surface area contributed by atoms with Crippen molar-refractivity contribution in [1.82, 2.24) is 0 Å². The molecule has 0 aromatic heterocycles. The predicted molar refractivity (Wildman–Crippen MR) is 82.7 cm³/mol. The SMILES string of the molecule is O=C(O)/C=C\C([O-])=NN=C(c1ccccc1)c1ccccc1.[K+]. The maximum absolute atomic E-state index is 11.5. The molecule has 0 spiro atoms. The van der Waals surface area contributed by atoms with Crippen LogP contribution >= 0.6 is 0 Å². The summed E-state index contributed by atoms with van der Waals surface area (Å²) in [4.78, 5) is 10.4. The van der Waals surface area contributed by atoms with E-state index in [2.05, 4.69) is 10.2 Å². The second kappa shape index (κ2) is 10.2. The molecule has 6 heteroatoms. The van der Waals surface area contributed by atoms with Crippen LogP contribution in [-0.4, -0.2) is 22.7 Å². The van der Waals surface area contributed by atoms with Crippen molar-refractivity contribution in [3.8, 4) is 0 Å². The third-order valence-corrected chi connectivity index (χ3v) is 2.71. The Kier molecular flexibility index (Phi) is 8.68. The maximum Gasteiger partial charge on any atom is 1.00 e. The minimum Gasteiger partial charge on any atom is -0.857 e. The van der Waals surface area contributed by atoms with Crippen molar-refractivity contribution < 1.29 is 66.4 Å². The van der Waals surface area contributed by atoms with Gasteiger partial charge >= 0.3 is 57.4 Å². The molecule has 1 N–H and O–H groups in total. The Morgan fingerprint density at radius 2 is 1.35 bits per heavy atom. The number of carbonyl (C=O) groups is 1. The van der Waals surface area contributed by atoms with E-state index in [9.17, 15) is 9.90 Å². The predicted octanol–water partition coefficient (Wildman–Crippen LogP) is -1.16. The Labute approximate surface area is 176 Å². The van der Waals surface area contributed by atoms with Gasteiger partial charge in [-0.2, -0.15) is 10.2 Å². The van der Waals surface area contributed by atoms with E-state index in [0.717, 1.165) is 23.3 Å². The summed E-state index contributed by atoms with van der Waals surface area (Å²) in [5.74, 6) is -1.94. The third kappa shape index (κ3) is 6.60. The average Bonchev–Trinajstić information content (AvgIpc) is 2.55. The summed E-state index contributed by atoms with van der Waals surface area (Å²) in [6.45, 7) is 0. The Morgan fingerprint density at radius 1 is 0.870 bits per heavy atom. The minimum absolute atomic E-state index is 0. The van der Waals surface area contributed by atoms with Gasteiger partial charge in [0.2, 0.25) is 0 Å². The van der Waals surface area contributed by atoms with Crippen molar-refractivity contribution in [2.24, 2.45) is 10.2 Å². The summed E-state index contributed by atoms with van der Waals surface area (Å²) in [7, 11) is 0. The summed E-state index contributed by atoms with van der Waals surface area (Å²) in [6, 6.07) is 18.6. The quantitative estimate of drug-likeness (QED) is 0.246. The molecule has 2 rings (SSSR count). The van der Waals surface area contributed by atoms with Gasteiger partial charge in [-0.25, -0.2) is 4.79 Å². The van der Waals surface area contributed by atoms with Crippen LogP contribution in [0.2, 0.25) is 0 Å². The molecule has 110 valence electrons. The molecule has 0 aliphatic carbocycles. The van der Waals surface area contributed by atoms with E-state index in [1.807, 2.05) is 60.7 Å². The summed E-state index contributed by atoms with van der Waals surface area (Å²) in [5.41, 5.74) is 2.17. The molecular formula is C17H13KN2O3. The number of benzene rings is 2. The summed E-state index contributed by atoms with van der Waals surface area (Å²) in [6.07, 6.45) is 1.59. The van der Waals surface area contributed by atoms with Crippen molar-refractivity contribution in [3.05, 3.63) is 83.9 Å². The molecule has 23 heavy (non-hydrogen) atoms. The first-order valence-electron chi connectivity index (χ1n) is 6.51. The fourth-order valence-corrected chi connectivity index (χ4v) is 1.75. The Morgan fingerprint density at radius 3 is 1.78 bits per heavy atom. The number of hydrogen-bond donors (Lipinski definition) is 1. The van der Waals surface area contributed by atoms with Crippen LogP contribution in [0.3, 0.4) is 0 Å². The number of aliphatic carboxylic acids is 1. The van der Waals surface area contributed by atoms with Gasteiger partial charge in [0.05, 0.1) is 0 Å². The number of rotatable bonds is 5. The average molecular weight is 332 g/mol. The molecule has 5 nitrogen and oxygen atoms in total. The van der Waals surface area contributed by atoms with E-state index in [-0.39, 0.29) is 51.4 Å². The maximum atomic E-state index is 11.5. The van der Waals surface area contributed by atoms with E-state index >= 15 is 0 Å². The molecular weight excluding hydrogens is 319 g/mol. The van der Waals surface area contributed by atoms with Gasteiger partial charge in [0.1, 0.15) is 5.71 Å². The Hall–Kier alpha value is -1.57. The molecule has 0 aliphatic rings. The number of nitrogens with zero attached hydrogens (tertiary/aromatic N) is 2. The van der Waals surface area contributed by atoms with Gasteiger partial charge in [-0.05, 0) is 6.08 Å². The Balaban J connectivity index is 0.00000264. The van der Waals surface area contributed by atoms with Crippen LogP contribution in [-0.2, 0) is 4.79 Å². The smallest absolute Gasteiger partial charge is 0.857 e. The molecule has 0 atom stereocenters. The molecule has 0 bridgehead atoms. The van der Waals surface area contributed by atoms with Gasteiger partial charge in [-0.1, -0.05) is 60.7 Å². The fourth-order valence-electron chi connectivity index (χ4n) is 1.75. The van der Waals surface area contributed by atoms with Gasteiger partial charge in [0.25, 0.3) is 0 Å². The number of carboxylic acids is 1. The topological polar surface area (TPSA) is 85.1 Å². The Bertz CT molecular complexity index is 685. The first-order valence-corrected chi connectivity index (χ1v) is 6.51. The second-order valence-corrected chi connectivity index (χ2v) is 4.29.